The molecule has 0 bridgehead atoms. The van der Waals surface area contributed by atoms with Gasteiger partial charge in [0.15, 0.2) is 0 Å². The zero-order valence-electron chi connectivity index (χ0n) is 18.6. The van der Waals surface area contributed by atoms with Crippen LogP contribution in [0.1, 0.15) is 51.4 Å². The molecule has 8 heteroatoms. The van der Waals surface area contributed by atoms with Crippen molar-refractivity contribution in [1.82, 2.24) is 10.2 Å². The normalized spacial score (nSPS) is 16.5. The van der Waals surface area contributed by atoms with Crippen molar-refractivity contribution >= 4 is 17.8 Å². The molecule has 2 amide bonds. The number of ether oxygens (including phenoxy) is 2. The summed E-state index contributed by atoms with van der Waals surface area (Å²) in [6, 6.07) is -0.146. The SMILES string of the molecule is C=CCCCCC(=O)OC[C@@H]1CCCN1C(=O)[C@H](CC=C)CC(=O)NCCOCCO. The molecule has 0 saturated carbocycles. The van der Waals surface area contributed by atoms with Gasteiger partial charge in [-0.05, 0) is 38.5 Å². The molecule has 1 fully saturated rings. The summed E-state index contributed by atoms with van der Waals surface area (Å²) in [7, 11) is 0. The van der Waals surface area contributed by atoms with E-state index >= 15 is 0 Å². The third kappa shape index (κ3) is 11.1. The van der Waals surface area contributed by atoms with Gasteiger partial charge in [0, 0.05) is 25.9 Å². The van der Waals surface area contributed by atoms with Gasteiger partial charge in [-0.1, -0.05) is 12.2 Å². The summed E-state index contributed by atoms with van der Waals surface area (Å²) in [6.45, 7) is 8.96. The van der Waals surface area contributed by atoms with E-state index in [4.69, 9.17) is 14.6 Å². The lowest BCUT2D eigenvalue weighted by Gasteiger charge is -2.28. The van der Waals surface area contributed by atoms with Gasteiger partial charge in [0.2, 0.25) is 11.8 Å². The van der Waals surface area contributed by atoms with Crippen LogP contribution in [0.2, 0.25) is 0 Å². The minimum absolute atomic E-state index is 0.0640. The lowest BCUT2D eigenvalue weighted by molar-refractivity contribution is -0.148. The van der Waals surface area contributed by atoms with E-state index in [9.17, 15) is 14.4 Å². The van der Waals surface area contributed by atoms with Crippen LogP contribution in [-0.2, 0) is 23.9 Å². The van der Waals surface area contributed by atoms with Crippen LogP contribution in [0, 0.1) is 5.92 Å². The number of likely N-dealkylation sites (tertiary alicyclic amines) is 1. The van der Waals surface area contributed by atoms with Crippen LogP contribution < -0.4 is 5.32 Å². The van der Waals surface area contributed by atoms with Crippen LogP contribution in [0.4, 0.5) is 0 Å². The quantitative estimate of drug-likeness (QED) is 0.204. The predicted molar refractivity (Wildman–Crippen MR) is 118 cm³/mol. The fourth-order valence-electron chi connectivity index (χ4n) is 3.55. The molecule has 0 spiro atoms. The summed E-state index contributed by atoms with van der Waals surface area (Å²) in [5.74, 6) is -1.06. The lowest BCUT2D eigenvalue weighted by Crippen LogP contribution is -2.43. The molecular formula is C23H38N2O6. The van der Waals surface area contributed by atoms with Crippen molar-refractivity contribution in [2.24, 2.45) is 5.92 Å². The van der Waals surface area contributed by atoms with Crippen LogP contribution in [-0.4, -0.2) is 73.3 Å². The van der Waals surface area contributed by atoms with Crippen molar-refractivity contribution in [3.05, 3.63) is 25.3 Å². The molecule has 1 rings (SSSR count). The number of rotatable bonds is 17. The molecule has 31 heavy (non-hydrogen) atoms. The van der Waals surface area contributed by atoms with Gasteiger partial charge >= 0.3 is 5.97 Å². The first-order valence-corrected chi connectivity index (χ1v) is 11.2. The van der Waals surface area contributed by atoms with Gasteiger partial charge in [-0.25, -0.2) is 0 Å². The summed E-state index contributed by atoms with van der Waals surface area (Å²) in [4.78, 5) is 39.0. The third-order valence-electron chi connectivity index (χ3n) is 5.17. The molecule has 176 valence electrons. The standard InChI is InChI=1S/C23H38N2O6/c1-3-5-6-7-11-22(28)31-18-20-10-8-13-25(20)23(29)19(9-4-2)17-21(27)24-12-15-30-16-14-26/h3-4,19-20,26H,1-2,5-18H2,(H,24,27)/t19-,20+/m1/s1. The molecule has 1 saturated heterocycles. The minimum atomic E-state index is -0.494. The molecule has 1 aliphatic heterocycles. The number of esters is 1. The van der Waals surface area contributed by atoms with E-state index in [0.29, 0.717) is 32.5 Å². The highest BCUT2D eigenvalue weighted by molar-refractivity contribution is 5.86. The zero-order valence-corrected chi connectivity index (χ0v) is 18.6. The van der Waals surface area contributed by atoms with Crippen LogP contribution in [0.25, 0.3) is 0 Å². The van der Waals surface area contributed by atoms with Gasteiger partial charge in [-0.3, -0.25) is 14.4 Å². The van der Waals surface area contributed by atoms with Crippen LogP contribution >= 0.6 is 0 Å². The molecule has 2 N–H and O–H groups in total. The molecular weight excluding hydrogens is 400 g/mol. The number of hydrogen-bond acceptors (Lipinski definition) is 6. The van der Waals surface area contributed by atoms with Crippen molar-refractivity contribution < 1.29 is 29.0 Å². The average Bonchev–Trinajstić information content (AvgIpc) is 3.23. The first kappa shape index (κ1) is 26.8. The molecule has 8 nitrogen and oxygen atoms in total. The van der Waals surface area contributed by atoms with Gasteiger partial charge in [0.25, 0.3) is 0 Å². The maximum atomic E-state index is 13.1. The maximum absolute atomic E-state index is 13.1. The van der Waals surface area contributed by atoms with Crippen molar-refractivity contribution in [1.29, 1.82) is 0 Å². The molecule has 1 heterocycles. The fraction of sp³-hybridized carbons (Fsp3) is 0.696. The molecule has 0 unspecified atom stereocenters. The number of unbranched alkanes of at least 4 members (excludes halogenated alkanes) is 2. The van der Waals surface area contributed by atoms with E-state index in [1.807, 2.05) is 6.08 Å². The fourth-order valence-corrected chi connectivity index (χ4v) is 3.55. The summed E-state index contributed by atoms with van der Waals surface area (Å²) in [5, 5.41) is 11.4. The van der Waals surface area contributed by atoms with Gasteiger partial charge < -0.3 is 24.8 Å². The number of aliphatic hydroxyl groups is 1. The number of allylic oxidation sites excluding steroid dienone is 2. The van der Waals surface area contributed by atoms with E-state index in [1.54, 1.807) is 11.0 Å². The first-order valence-electron chi connectivity index (χ1n) is 11.2. The maximum Gasteiger partial charge on any atom is 0.305 e. The summed E-state index contributed by atoms with van der Waals surface area (Å²) < 4.78 is 10.5. The third-order valence-corrected chi connectivity index (χ3v) is 5.17. The highest BCUT2D eigenvalue weighted by Crippen LogP contribution is 2.23. The molecule has 2 atom stereocenters. The minimum Gasteiger partial charge on any atom is -0.463 e. The Balaban J connectivity index is 2.48. The number of nitrogens with one attached hydrogen (secondary N) is 1. The molecule has 0 aromatic rings. The molecule has 0 aromatic heterocycles. The van der Waals surface area contributed by atoms with Crippen molar-refractivity contribution in [3.8, 4) is 0 Å². The van der Waals surface area contributed by atoms with E-state index in [2.05, 4.69) is 18.5 Å². The van der Waals surface area contributed by atoms with Crippen LogP contribution in [0.15, 0.2) is 25.3 Å². The summed E-state index contributed by atoms with van der Waals surface area (Å²) in [6.07, 6.45) is 8.50. The largest absolute Gasteiger partial charge is 0.463 e. The number of carbonyl (C=O) groups excluding carboxylic acids is 3. The highest BCUT2D eigenvalue weighted by atomic mass is 16.5. The number of nitrogens with zero attached hydrogens (tertiary/aromatic N) is 1. The second-order valence-corrected chi connectivity index (χ2v) is 7.66. The lowest BCUT2D eigenvalue weighted by atomic mass is 9.98. The van der Waals surface area contributed by atoms with Gasteiger partial charge in [-0.15, -0.1) is 13.2 Å². The number of amides is 2. The second kappa shape index (κ2) is 16.5. The van der Waals surface area contributed by atoms with E-state index in [1.165, 1.54) is 0 Å². The van der Waals surface area contributed by atoms with Gasteiger partial charge in [0.05, 0.1) is 31.8 Å². The van der Waals surface area contributed by atoms with Crippen molar-refractivity contribution in [2.75, 3.05) is 39.5 Å². The molecule has 0 aliphatic carbocycles. The Kier molecular flexibility index (Phi) is 14.3. The van der Waals surface area contributed by atoms with Crippen LogP contribution in [0.3, 0.4) is 0 Å². The van der Waals surface area contributed by atoms with Crippen LogP contribution in [0.5, 0.6) is 0 Å². The Morgan fingerprint density at radius 2 is 2.00 bits per heavy atom. The van der Waals surface area contributed by atoms with Gasteiger partial charge in [-0.2, -0.15) is 0 Å². The Hall–Kier alpha value is -2.19. The number of hydrogen-bond donors (Lipinski definition) is 2. The highest BCUT2D eigenvalue weighted by Gasteiger charge is 2.34. The van der Waals surface area contributed by atoms with E-state index in [-0.39, 0.29) is 50.1 Å². The smallest absolute Gasteiger partial charge is 0.305 e. The summed E-state index contributed by atoms with van der Waals surface area (Å²) in [5.41, 5.74) is 0. The summed E-state index contributed by atoms with van der Waals surface area (Å²) >= 11 is 0. The Bertz CT molecular complexity index is 580. The Morgan fingerprint density at radius 3 is 2.71 bits per heavy atom. The monoisotopic (exact) mass is 438 g/mol. The Morgan fingerprint density at radius 1 is 1.19 bits per heavy atom. The Labute approximate surface area is 185 Å². The van der Waals surface area contributed by atoms with E-state index in [0.717, 1.165) is 32.1 Å². The molecule has 1 aliphatic rings. The predicted octanol–water partition coefficient (Wildman–Crippen LogP) is 1.97. The number of carbonyl (C=O) groups is 3. The second-order valence-electron chi connectivity index (χ2n) is 7.66. The van der Waals surface area contributed by atoms with Crippen molar-refractivity contribution in [2.45, 2.75) is 57.4 Å². The van der Waals surface area contributed by atoms with Gasteiger partial charge in [0.1, 0.15) is 6.61 Å². The van der Waals surface area contributed by atoms with Crippen molar-refractivity contribution in [3.63, 3.8) is 0 Å². The first-order chi connectivity index (χ1) is 15.0. The number of aliphatic hydroxyl groups excluding tert-OH is 1. The molecule has 0 aromatic carbocycles. The van der Waals surface area contributed by atoms with E-state index < -0.39 is 5.92 Å². The molecule has 0 radical (unpaired) electrons. The zero-order chi connectivity index (χ0) is 22.9. The topological polar surface area (TPSA) is 105 Å². The average molecular weight is 439 g/mol.